The highest BCUT2D eigenvalue weighted by molar-refractivity contribution is 5.99. The number of aliphatic hydroxyl groups is 1. The highest BCUT2D eigenvalue weighted by Gasteiger charge is 2.37. The molecule has 432 valence electrons. The van der Waals surface area contributed by atoms with Gasteiger partial charge in [0, 0.05) is 43.6 Å². The number of aromatic nitrogens is 2. The average Bonchev–Trinajstić information content (AvgIpc) is 3.91. The molecular weight excluding hydrogens is 1030 g/mol. The molecule has 0 aliphatic heterocycles. The van der Waals surface area contributed by atoms with Gasteiger partial charge in [-0.1, -0.05) is 76.6 Å². The molecule has 0 saturated heterocycles. The summed E-state index contributed by atoms with van der Waals surface area (Å²) in [6.07, 6.45) is 0.973. The molecule has 10 atom stereocenters. The van der Waals surface area contributed by atoms with Gasteiger partial charge in [0.15, 0.2) is 5.96 Å². The number of rotatable bonds is 33. The number of primary amides is 1. The fourth-order valence-corrected chi connectivity index (χ4v) is 7.89. The molecule has 1 heterocycles. The predicted molar refractivity (Wildman–Crippen MR) is 287 cm³/mol. The SMILES string of the molecule is CCCC(NC(=O)[C@H](CC(N)=O)NC(=O)[C@H](Cc1ccc(O)cc1)NC(=O)[C@H](Cc1cnc[nH]1)NC(=O)[C@H](C)NC(=O)[C@@H](C)CCCN=C(N)N)C(=O)N[C@H](C(=O)NC(C(=O)N[C@@H](Cc1ccccc1)C(=O)O)[C@@H](C)O)C(C)C. The smallest absolute Gasteiger partial charge is 0.326 e. The number of hydrogen-bond acceptors (Lipinski definition) is 14. The molecule has 79 heavy (non-hydrogen) atoms. The first kappa shape index (κ1) is 64.7. The number of amides is 9. The van der Waals surface area contributed by atoms with E-state index in [4.69, 9.17) is 17.2 Å². The van der Waals surface area contributed by atoms with Gasteiger partial charge in [-0.2, -0.15) is 0 Å². The second-order valence-electron chi connectivity index (χ2n) is 19.5. The number of aliphatic hydroxyl groups excluding tert-OH is 1. The van der Waals surface area contributed by atoms with Crippen LogP contribution in [0, 0.1) is 11.8 Å². The Hall–Kier alpha value is -8.62. The molecule has 2 unspecified atom stereocenters. The third-order valence-electron chi connectivity index (χ3n) is 12.4. The Labute approximate surface area is 457 Å². The van der Waals surface area contributed by atoms with Gasteiger partial charge in [-0.25, -0.2) is 9.78 Å². The molecule has 0 aliphatic carbocycles. The van der Waals surface area contributed by atoms with E-state index in [9.17, 15) is 63.3 Å². The number of carbonyl (C=O) groups excluding carboxylic acids is 9. The molecule has 0 spiro atoms. The van der Waals surface area contributed by atoms with Crippen molar-refractivity contribution in [3.05, 3.63) is 83.9 Å². The number of aromatic amines is 1. The van der Waals surface area contributed by atoms with Gasteiger partial charge in [-0.15, -0.1) is 0 Å². The normalized spacial score (nSPS) is 14.8. The molecular formula is C52H76N14O13. The number of aromatic hydroxyl groups is 1. The monoisotopic (exact) mass is 1100 g/mol. The standard InChI is InChI=1S/C52H76N14O13/c1-7-12-35(45(72)65-41(27(2)3)49(76)66-42(30(6)67)50(77)64-39(51(78)79)22-31-14-9-8-10-15-31)60-48(75)38(24-40(53)69)63-46(73)36(21-32-16-18-34(68)19-17-32)62-47(74)37(23-33-25-56-26-58-33)61-44(71)29(5)59-43(70)28(4)13-11-20-57-52(54)55/h8-10,14-19,25-30,35-39,41-42,67-68H,7,11-13,20-24H2,1-6H3,(H2,53,69)(H,56,58)(H,59,70)(H,60,75)(H,61,71)(H,62,74)(H,63,73)(H,64,77)(H,65,72)(H,66,76)(H,78,79)(H4,54,55,57)/t28-,29-,30+,35?,36-,37-,38-,39-,41-,42?/m0/s1. The highest BCUT2D eigenvalue weighted by Crippen LogP contribution is 2.14. The van der Waals surface area contributed by atoms with E-state index in [1.54, 1.807) is 58.0 Å². The van der Waals surface area contributed by atoms with E-state index in [2.05, 4.69) is 57.5 Å². The molecule has 9 amide bonds. The lowest BCUT2D eigenvalue weighted by Gasteiger charge is -2.29. The maximum atomic E-state index is 14.4. The topological polar surface area (TPSA) is 447 Å². The second kappa shape index (κ2) is 32.2. The van der Waals surface area contributed by atoms with Crippen LogP contribution in [-0.4, -0.2) is 151 Å². The third-order valence-corrected chi connectivity index (χ3v) is 12.4. The minimum atomic E-state index is -1.76. The molecule has 18 N–H and O–H groups in total. The first-order chi connectivity index (χ1) is 37.3. The zero-order valence-corrected chi connectivity index (χ0v) is 45.1. The summed E-state index contributed by atoms with van der Waals surface area (Å²) in [7, 11) is 0. The molecule has 27 heteroatoms. The zero-order chi connectivity index (χ0) is 58.9. The van der Waals surface area contributed by atoms with Gasteiger partial charge in [-0.3, -0.25) is 48.1 Å². The van der Waals surface area contributed by atoms with Crippen LogP contribution in [0.4, 0.5) is 0 Å². The van der Waals surface area contributed by atoms with Gasteiger partial charge >= 0.3 is 5.97 Å². The molecule has 1 aromatic heterocycles. The van der Waals surface area contributed by atoms with Crippen LogP contribution in [0.1, 0.15) is 90.5 Å². The quantitative estimate of drug-likeness (QED) is 0.0171. The van der Waals surface area contributed by atoms with Gasteiger partial charge < -0.3 is 80.0 Å². The van der Waals surface area contributed by atoms with Crippen molar-refractivity contribution in [2.24, 2.45) is 34.0 Å². The molecule has 0 fully saturated rings. The number of carboxylic acids is 1. The lowest BCUT2D eigenvalue weighted by Crippen LogP contribution is -2.62. The molecule has 27 nitrogen and oxygen atoms in total. The molecule has 0 bridgehead atoms. The summed E-state index contributed by atoms with van der Waals surface area (Å²) in [5, 5.41) is 50.5. The molecule has 0 saturated carbocycles. The van der Waals surface area contributed by atoms with Crippen molar-refractivity contribution in [3.63, 3.8) is 0 Å². The highest BCUT2D eigenvalue weighted by atomic mass is 16.4. The van der Waals surface area contributed by atoms with Crippen molar-refractivity contribution < 1.29 is 63.3 Å². The average molecular weight is 1110 g/mol. The van der Waals surface area contributed by atoms with E-state index < -0.39 is 132 Å². The van der Waals surface area contributed by atoms with Crippen molar-refractivity contribution >= 4 is 65.1 Å². The first-order valence-electron chi connectivity index (χ1n) is 25.8. The van der Waals surface area contributed by atoms with Gasteiger partial charge in [0.05, 0.1) is 18.9 Å². The Bertz CT molecular complexity index is 2560. The Morgan fingerprint density at radius 1 is 0.595 bits per heavy atom. The lowest BCUT2D eigenvalue weighted by molar-refractivity contribution is -0.143. The summed E-state index contributed by atoms with van der Waals surface area (Å²) in [5.41, 5.74) is 17.7. The van der Waals surface area contributed by atoms with Gasteiger partial charge in [0.1, 0.15) is 54.1 Å². The maximum Gasteiger partial charge on any atom is 0.326 e. The van der Waals surface area contributed by atoms with Gasteiger partial charge in [0.2, 0.25) is 53.2 Å². The number of carboxylic acid groups (broad SMARTS) is 1. The molecule has 0 aliphatic rings. The number of hydrogen-bond donors (Lipinski definition) is 15. The molecule has 3 aromatic rings. The van der Waals surface area contributed by atoms with E-state index in [1.807, 2.05) is 0 Å². The summed E-state index contributed by atoms with van der Waals surface area (Å²) in [5.74, 6) is -10.9. The number of imidazole rings is 1. The van der Waals surface area contributed by atoms with E-state index in [0.717, 1.165) is 0 Å². The van der Waals surface area contributed by atoms with Crippen LogP contribution in [0.25, 0.3) is 0 Å². The van der Waals surface area contributed by atoms with E-state index in [-0.39, 0.29) is 43.8 Å². The van der Waals surface area contributed by atoms with Gasteiger partial charge in [0.25, 0.3) is 0 Å². The Morgan fingerprint density at radius 3 is 1.67 bits per heavy atom. The van der Waals surface area contributed by atoms with Crippen LogP contribution in [0.3, 0.4) is 0 Å². The fourth-order valence-electron chi connectivity index (χ4n) is 7.89. The number of phenols is 1. The van der Waals surface area contributed by atoms with E-state index in [0.29, 0.717) is 36.2 Å². The number of nitrogens with zero attached hydrogens (tertiary/aromatic N) is 2. The van der Waals surface area contributed by atoms with E-state index >= 15 is 0 Å². The number of aliphatic imine (C=N–C) groups is 1. The number of aliphatic carboxylic acids is 1. The Balaban J connectivity index is 1.84. The largest absolute Gasteiger partial charge is 0.508 e. The predicted octanol–water partition coefficient (Wildman–Crippen LogP) is -2.47. The Kier molecular flexibility index (Phi) is 26.4. The molecule has 0 radical (unpaired) electrons. The van der Waals surface area contributed by atoms with Crippen LogP contribution in [0.15, 0.2) is 72.1 Å². The number of H-pyrrole nitrogens is 1. The third kappa shape index (κ3) is 22.5. The van der Waals surface area contributed by atoms with Crippen LogP contribution in [-0.2, 0) is 67.2 Å². The Morgan fingerprint density at radius 2 is 1.11 bits per heavy atom. The van der Waals surface area contributed by atoms with Crippen molar-refractivity contribution in [2.45, 2.75) is 147 Å². The van der Waals surface area contributed by atoms with Crippen LogP contribution in [0.5, 0.6) is 5.75 Å². The summed E-state index contributed by atoms with van der Waals surface area (Å²) < 4.78 is 0. The maximum absolute atomic E-state index is 14.4. The van der Waals surface area contributed by atoms with Crippen molar-refractivity contribution in [3.8, 4) is 5.75 Å². The first-order valence-corrected chi connectivity index (χ1v) is 25.8. The second-order valence-corrected chi connectivity index (χ2v) is 19.5. The number of carbonyl (C=O) groups is 10. The molecule has 3 rings (SSSR count). The van der Waals surface area contributed by atoms with E-state index in [1.165, 1.54) is 50.6 Å². The minimum Gasteiger partial charge on any atom is -0.508 e. The number of phenolic OH excluding ortho intramolecular Hbond substituents is 1. The van der Waals surface area contributed by atoms with Crippen LogP contribution >= 0.6 is 0 Å². The summed E-state index contributed by atoms with van der Waals surface area (Å²) in [6.45, 7) is 9.39. The summed E-state index contributed by atoms with van der Waals surface area (Å²) in [4.78, 5) is 146. The summed E-state index contributed by atoms with van der Waals surface area (Å²) >= 11 is 0. The van der Waals surface area contributed by atoms with Gasteiger partial charge in [-0.05, 0) is 62.3 Å². The van der Waals surface area contributed by atoms with Crippen molar-refractivity contribution in [2.75, 3.05) is 6.54 Å². The number of nitrogens with one attached hydrogen (secondary N) is 9. The molecule has 2 aromatic carbocycles. The van der Waals surface area contributed by atoms with Crippen LogP contribution in [0.2, 0.25) is 0 Å². The van der Waals surface area contributed by atoms with Crippen molar-refractivity contribution in [1.82, 2.24) is 52.5 Å². The number of benzene rings is 2. The van der Waals surface area contributed by atoms with Crippen molar-refractivity contribution in [1.29, 1.82) is 0 Å². The fraction of sp³-hybridized carbons (Fsp3) is 0.500. The number of guanidine groups is 1. The minimum absolute atomic E-state index is 0.0388. The number of nitrogens with two attached hydrogens (primary N) is 3. The van der Waals surface area contributed by atoms with Crippen LogP contribution < -0.4 is 59.7 Å². The zero-order valence-electron chi connectivity index (χ0n) is 45.1. The summed E-state index contributed by atoms with van der Waals surface area (Å²) in [6, 6.07) is 2.26. The lowest BCUT2D eigenvalue weighted by atomic mass is 10.0.